The van der Waals surface area contributed by atoms with Gasteiger partial charge in [0.2, 0.25) is 5.91 Å². The van der Waals surface area contributed by atoms with Crippen LogP contribution in [0.2, 0.25) is 0 Å². The van der Waals surface area contributed by atoms with Crippen molar-refractivity contribution in [3.63, 3.8) is 0 Å². The van der Waals surface area contributed by atoms with Gasteiger partial charge in [0.25, 0.3) is 5.91 Å². The quantitative estimate of drug-likeness (QED) is 0.765. The summed E-state index contributed by atoms with van der Waals surface area (Å²) in [5.74, 6) is 0.331. The molecule has 28 heavy (non-hydrogen) atoms. The minimum atomic E-state index is -0.0545. The first-order valence-corrected chi connectivity index (χ1v) is 9.31. The van der Waals surface area contributed by atoms with Crippen LogP contribution in [0.3, 0.4) is 0 Å². The number of nitrogens with zero attached hydrogens (tertiary/aromatic N) is 4. The van der Waals surface area contributed by atoms with E-state index in [-0.39, 0.29) is 48.6 Å². The average Bonchev–Trinajstić information content (AvgIpc) is 3.35. The first-order chi connectivity index (χ1) is 12.7. The molecule has 2 amide bonds. The second kappa shape index (κ2) is 10.0. The fourth-order valence-electron chi connectivity index (χ4n) is 3.84. The van der Waals surface area contributed by atoms with Crippen LogP contribution in [0.1, 0.15) is 36.0 Å². The van der Waals surface area contributed by atoms with Gasteiger partial charge in [-0.05, 0) is 44.2 Å². The van der Waals surface area contributed by atoms with E-state index in [1.54, 1.807) is 29.2 Å². The summed E-state index contributed by atoms with van der Waals surface area (Å²) < 4.78 is 1.61. The molecule has 0 radical (unpaired) electrons. The number of hydrogen-bond donors (Lipinski definition) is 2. The van der Waals surface area contributed by atoms with E-state index in [1.807, 2.05) is 4.90 Å². The van der Waals surface area contributed by atoms with Crippen LogP contribution < -0.4 is 10.6 Å². The summed E-state index contributed by atoms with van der Waals surface area (Å²) >= 11 is 0. The largest absolute Gasteiger partial charge is 0.354 e. The number of hydrogen-bond acceptors (Lipinski definition) is 5. The number of carbonyl (C=O) groups excluding carboxylic acids is 2. The summed E-state index contributed by atoms with van der Waals surface area (Å²) in [4.78, 5) is 31.2. The van der Waals surface area contributed by atoms with Gasteiger partial charge in [0.15, 0.2) is 5.65 Å². The number of carbonyl (C=O) groups is 2. The molecule has 2 aliphatic heterocycles. The lowest BCUT2D eigenvalue weighted by Crippen LogP contribution is -2.46. The topological polar surface area (TPSA) is 91.6 Å². The normalized spacial score (nSPS) is 21.6. The SMILES string of the molecule is Cl.Cl.O=C(NCC1CCCN(C(=O)c2cnn3cccnc23)C1)C1CCCN1. The van der Waals surface area contributed by atoms with Gasteiger partial charge in [0.1, 0.15) is 5.56 Å². The molecule has 8 nitrogen and oxygen atoms in total. The van der Waals surface area contributed by atoms with Crippen LogP contribution in [-0.4, -0.2) is 63.5 Å². The van der Waals surface area contributed by atoms with Crippen LogP contribution >= 0.6 is 24.8 Å². The smallest absolute Gasteiger partial charge is 0.259 e. The molecule has 4 heterocycles. The molecule has 2 saturated heterocycles. The van der Waals surface area contributed by atoms with E-state index in [4.69, 9.17) is 0 Å². The van der Waals surface area contributed by atoms with Crippen LogP contribution in [0.4, 0.5) is 0 Å². The Morgan fingerprint density at radius 3 is 2.89 bits per heavy atom. The molecule has 10 heteroatoms. The third kappa shape index (κ3) is 4.74. The van der Waals surface area contributed by atoms with E-state index in [9.17, 15) is 9.59 Å². The van der Waals surface area contributed by atoms with Crippen molar-refractivity contribution in [2.45, 2.75) is 31.7 Å². The van der Waals surface area contributed by atoms with Crippen LogP contribution in [0.25, 0.3) is 5.65 Å². The van der Waals surface area contributed by atoms with Crippen LogP contribution in [0, 0.1) is 5.92 Å². The predicted octanol–water partition coefficient (Wildman–Crippen LogP) is 1.29. The first kappa shape index (κ1) is 22.4. The van der Waals surface area contributed by atoms with Gasteiger partial charge in [-0.1, -0.05) is 0 Å². The molecular weight excluding hydrogens is 403 g/mol. The van der Waals surface area contributed by atoms with Gasteiger partial charge < -0.3 is 15.5 Å². The van der Waals surface area contributed by atoms with Crippen molar-refractivity contribution in [1.82, 2.24) is 30.1 Å². The van der Waals surface area contributed by atoms with E-state index in [0.29, 0.717) is 24.3 Å². The predicted molar refractivity (Wildman–Crippen MR) is 110 cm³/mol. The van der Waals surface area contributed by atoms with Crippen molar-refractivity contribution in [1.29, 1.82) is 0 Å². The van der Waals surface area contributed by atoms with E-state index in [0.717, 1.165) is 38.8 Å². The first-order valence-electron chi connectivity index (χ1n) is 9.31. The molecule has 2 aromatic heterocycles. The fourth-order valence-corrected chi connectivity index (χ4v) is 3.84. The Morgan fingerprint density at radius 2 is 2.11 bits per heavy atom. The highest BCUT2D eigenvalue weighted by molar-refractivity contribution is 5.99. The molecule has 154 valence electrons. The molecule has 0 saturated carbocycles. The maximum atomic E-state index is 12.9. The maximum absolute atomic E-state index is 12.9. The van der Waals surface area contributed by atoms with E-state index >= 15 is 0 Å². The Morgan fingerprint density at radius 1 is 1.25 bits per heavy atom. The van der Waals surface area contributed by atoms with E-state index < -0.39 is 0 Å². The molecule has 2 aliphatic rings. The molecule has 2 N–H and O–H groups in total. The van der Waals surface area contributed by atoms with Gasteiger partial charge in [0, 0.05) is 32.0 Å². The Hall–Kier alpha value is -1.90. The van der Waals surface area contributed by atoms with Gasteiger partial charge in [0.05, 0.1) is 12.2 Å². The Kier molecular flexibility index (Phi) is 8.03. The van der Waals surface area contributed by atoms with E-state index in [1.165, 1.54) is 0 Å². The maximum Gasteiger partial charge on any atom is 0.259 e. The number of amides is 2. The Bertz CT molecular complexity index is 808. The summed E-state index contributed by atoms with van der Waals surface area (Å²) in [5.41, 5.74) is 1.12. The fraction of sp³-hybridized carbons (Fsp3) is 0.556. The highest BCUT2D eigenvalue weighted by Gasteiger charge is 2.28. The zero-order chi connectivity index (χ0) is 17.9. The number of rotatable bonds is 4. The molecule has 0 aliphatic carbocycles. The Balaban J connectivity index is 0.00000140. The van der Waals surface area contributed by atoms with Gasteiger partial charge >= 0.3 is 0 Å². The van der Waals surface area contributed by atoms with Gasteiger partial charge in [-0.2, -0.15) is 5.10 Å². The van der Waals surface area contributed by atoms with Crippen molar-refractivity contribution >= 4 is 42.3 Å². The minimum Gasteiger partial charge on any atom is -0.354 e. The van der Waals surface area contributed by atoms with E-state index in [2.05, 4.69) is 20.7 Å². The number of nitrogens with one attached hydrogen (secondary N) is 2. The molecule has 2 aromatic rings. The number of fused-ring (bicyclic) bond motifs is 1. The highest BCUT2D eigenvalue weighted by Crippen LogP contribution is 2.19. The van der Waals surface area contributed by atoms with Crippen molar-refractivity contribution in [3.05, 3.63) is 30.2 Å². The van der Waals surface area contributed by atoms with Crippen molar-refractivity contribution in [3.8, 4) is 0 Å². The lowest BCUT2D eigenvalue weighted by molar-refractivity contribution is -0.123. The average molecular weight is 429 g/mol. The molecule has 0 bridgehead atoms. The molecule has 0 spiro atoms. The third-order valence-electron chi connectivity index (χ3n) is 5.26. The lowest BCUT2D eigenvalue weighted by atomic mass is 9.97. The van der Waals surface area contributed by atoms with Crippen molar-refractivity contribution in [2.24, 2.45) is 5.92 Å². The second-order valence-corrected chi connectivity index (χ2v) is 7.10. The minimum absolute atomic E-state index is 0. The third-order valence-corrected chi connectivity index (χ3v) is 5.26. The molecule has 4 rings (SSSR count). The summed E-state index contributed by atoms with van der Waals surface area (Å²) in [6.45, 7) is 2.92. The number of aromatic nitrogens is 3. The van der Waals surface area contributed by atoms with Gasteiger partial charge in [-0.15, -0.1) is 24.8 Å². The van der Waals surface area contributed by atoms with Crippen LogP contribution in [-0.2, 0) is 4.79 Å². The summed E-state index contributed by atoms with van der Waals surface area (Å²) in [7, 11) is 0. The molecule has 2 fully saturated rings. The number of piperidine rings is 1. The molecule has 2 unspecified atom stereocenters. The lowest BCUT2D eigenvalue weighted by Gasteiger charge is -2.32. The monoisotopic (exact) mass is 428 g/mol. The summed E-state index contributed by atoms with van der Waals surface area (Å²) in [6.07, 6.45) is 8.96. The highest BCUT2D eigenvalue weighted by atomic mass is 35.5. The standard InChI is InChI=1S/C18H24N6O2.2ClH/c25-17(15-5-1-6-19-15)21-10-13-4-2-8-23(12-13)18(26)14-11-22-24-9-3-7-20-16(14)24;;/h3,7,9,11,13,15,19H,1-2,4-6,8,10,12H2,(H,21,25);2*1H. The van der Waals surface area contributed by atoms with Gasteiger partial charge in [-0.3, -0.25) is 9.59 Å². The molecule has 2 atom stereocenters. The van der Waals surface area contributed by atoms with Gasteiger partial charge in [-0.25, -0.2) is 9.50 Å². The second-order valence-electron chi connectivity index (χ2n) is 7.10. The van der Waals surface area contributed by atoms with Crippen LogP contribution in [0.5, 0.6) is 0 Å². The summed E-state index contributed by atoms with van der Waals surface area (Å²) in [6, 6.07) is 1.73. The Labute approximate surface area is 176 Å². The van der Waals surface area contributed by atoms with Crippen molar-refractivity contribution < 1.29 is 9.59 Å². The molecular formula is C18H26Cl2N6O2. The zero-order valence-electron chi connectivity index (χ0n) is 15.5. The zero-order valence-corrected chi connectivity index (χ0v) is 17.2. The van der Waals surface area contributed by atoms with Crippen LogP contribution in [0.15, 0.2) is 24.7 Å². The van der Waals surface area contributed by atoms with Crippen molar-refractivity contribution in [2.75, 3.05) is 26.2 Å². The number of likely N-dealkylation sites (tertiary alicyclic amines) is 1. The number of halogens is 2. The molecule has 0 aromatic carbocycles. The summed E-state index contributed by atoms with van der Waals surface area (Å²) in [5, 5.41) is 10.5.